The minimum atomic E-state index is 0.120. The van der Waals surface area contributed by atoms with Crippen molar-refractivity contribution >= 4 is 11.6 Å². The number of amides is 1. The Morgan fingerprint density at radius 2 is 2.10 bits per heavy atom. The molecule has 1 aromatic rings. The molecular formula is C17H22N2O. The monoisotopic (exact) mass is 270 g/mol. The highest BCUT2D eigenvalue weighted by molar-refractivity contribution is 6.01. The van der Waals surface area contributed by atoms with Gasteiger partial charge in [-0.15, -0.1) is 0 Å². The molecule has 1 unspecified atom stereocenters. The fourth-order valence-electron chi connectivity index (χ4n) is 3.23. The molecule has 3 nitrogen and oxygen atoms in total. The minimum Gasteiger partial charge on any atom is -0.273 e. The van der Waals surface area contributed by atoms with E-state index < -0.39 is 0 Å². The fraction of sp³-hybridized carbons (Fsp3) is 0.529. The normalized spacial score (nSPS) is 23.2. The summed E-state index contributed by atoms with van der Waals surface area (Å²) in [4.78, 5) is 12.1. The molecule has 0 bridgehead atoms. The number of hydrogen-bond donors (Lipinski definition) is 1. The second-order valence-electron chi connectivity index (χ2n) is 6.12. The highest BCUT2D eigenvalue weighted by atomic mass is 16.2. The Balaban J connectivity index is 1.64. The molecular weight excluding hydrogens is 248 g/mol. The fourth-order valence-corrected chi connectivity index (χ4v) is 3.23. The van der Waals surface area contributed by atoms with Gasteiger partial charge in [0.2, 0.25) is 5.91 Å². The molecule has 1 aromatic carbocycles. The number of benzene rings is 1. The van der Waals surface area contributed by atoms with Crippen molar-refractivity contribution < 1.29 is 4.79 Å². The van der Waals surface area contributed by atoms with Gasteiger partial charge in [0.25, 0.3) is 0 Å². The predicted molar refractivity (Wildman–Crippen MR) is 80.4 cm³/mol. The molecule has 3 rings (SSSR count). The van der Waals surface area contributed by atoms with Crippen LogP contribution in [0.1, 0.15) is 51.0 Å². The van der Waals surface area contributed by atoms with Gasteiger partial charge in [-0.2, -0.15) is 5.10 Å². The van der Waals surface area contributed by atoms with Crippen LogP contribution in [0.4, 0.5) is 0 Å². The number of hydrazone groups is 1. The number of carbonyl (C=O) groups excluding carboxylic acids is 1. The molecule has 1 spiro atoms. The molecule has 1 atom stereocenters. The molecule has 0 saturated heterocycles. The molecule has 20 heavy (non-hydrogen) atoms. The second-order valence-corrected chi connectivity index (χ2v) is 6.12. The van der Waals surface area contributed by atoms with Gasteiger partial charge < -0.3 is 0 Å². The van der Waals surface area contributed by atoms with E-state index in [2.05, 4.69) is 17.5 Å². The van der Waals surface area contributed by atoms with Crippen molar-refractivity contribution in [1.82, 2.24) is 5.43 Å². The van der Waals surface area contributed by atoms with Crippen LogP contribution in [-0.4, -0.2) is 11.6 Å². The summed E-state index contributed by atoms with van der Waals surface area (Å²) in [6.45, 7) is 2.13. The molecule has 2 aliphatic rings. The molecule has 106 valence electrons. The van der Waals surface area contributed by atoms with E-state index in [-0.39, 0.29) is 11.8 Å². The Morgan fingerprint density at radius 3 is 2.65 bits per heavy atom. The molecule has 1 N–H and O–H groups in total. The molecule has 1 amide bonds. The van der Waals surface area contributed by atoms with E-state index in [1.165, 1.54) is 19.3 Å². The lowest BCUT2D eigenvalue weighted by Gasteiger charge is -2.25. The van der Waals surface area contributed by atoms with Crippen molar-refractivity contribution in [3.8, 4) is 0 Å². The summed E-state index contributed by atoms with van der Waals surface area (Å²) in [5.41, 5.74) is 5.25. The summed E-state index contributed by atoms with van der Waals surface area (Å²) in [5.74, 6) is 0.341. The molecule has 3 heteroatoms. The summed E-state index contributed by atoms with van der Waals surface area (Å²) < 4.78 is 0. The first kappa shape index (κ1) is 13.3. The maximum absolute atomic E-state index is 12.1. The first-order chi connectivity index (χ1) is 9.75. The van der Waals surface area contributed by atoms with E-state index in [1.807, 2.05) is 30.3 Å². The zero-order valence-corrected chi connectivity index (χ0v) is 12.1. The summed E-state index contributed by atoms with van der Waals surface area (Å²) >= 11 is 0. The van der Waals surface area contributed by atoms with Crippen molar-refractivity contribution in [2.75, 3.05) is 0 Å². The standard InChI is InChI=1S/C17H22N2O/c1-2-7-15(13-8-4-3-5-9-13)18-19-16(20)14-12-17(14)10-6-11-17/h3-5,8-9,14H,2,6-7,10-12H2,1H3,(H,19,20)/b18-15+. The first-order valence-corrected chi connectivity index (χ1v) is 7.67. The summed E-state index contributed by atoms with van der Waals surface area (Å²) in [6, 6.07) is 10.1. The van der Waals surface area contributed by atoms with E-state index in [4.69, 9.17) is 0 Å². The molecule has 2 aliphatic carbocycles. The lowest BCUT2D eigenvalue weighted by Crippen LogP contribution is -2.27. The minimum absolute atomic E-state index is 0.120. The van der Waals surface area contributed by atoms with E-state index in [0.29, 0.717) is 5.41 Å². The second kappa shape index (κ2) is 5.39. The average molecular weight is 270 g/mol. The Morgan fingerprint density at radius 1 is 1.35 bits per heavy atom. The number of carbonyl (C=O) groups is 1. The van der Waals surface area contributed by atoms with E-state index in [9.17, 15) is 4.79 Å². The van der Waals surface area contributed by atoms with Gasteiger partial charge in [-0.3, -0.25) is 4.79 Å². The Kier molecular flexibility index (Phi) is 3.60. The van der Waals surface area contributed by atoms with Crippen LogP contribution in [0.2, 0.25) is 0 Å². The summed E-state index contributed by atoms with van der Waals surface area (Å²) in [6.07, 6.45) is 6.74. The maximum Gasteiger partial charge on any atom is 0.243 e. The van der Waals surface area contributed by atoms with Gasteiger partial charge >= 0.3 is 0 Å². The van der Waals surface area contributed by atoms with Crippen LogP contribution < -0.4 is 5.43 Å². The third kappa shape index (κ3) is 2.49. The van der Waals surface area contributed by atoms with Gasteiger partial charge in [-0.1, -0.05) is 50.1 Å². The SMILES string of the molecule is CCC/C(=N\NC(=O)C1CC12CCC2)c1ccccc1. The number of nitrogens with zero attached hydrogens (tertiary/aromatic N) is 1. The lowest BCUT2D eigenvalue weighted by atomic mass is 9.80. The molecule has 0 aromatic heterocycles. The van der Waals surface area contributed by atoms with Crippen LogP contribution in [-0.2, 0) is 4.79 Å². The van der Waals surface area contributed by atoms with Crippen molar-refractivity contribution in [2.45, 2.75) is 45.4 Å². The predicted octanol–water partition coefficient (Wildman–Crippen LogP) is 3.50. The van der Waals surface area contributed by atoms with Crippen LogP contribution in [0.3, 0.4) is 0 Å². The van der Waals surface area contributed by atoms with Gasteiger partial charge in [0.05, 0.1) is 5.71 Å². The van der Waals surface area contributed by atoms with Crippen molar-refractivity contribution in [3.05, 3.63) is 35.9 Å². The molecule has 0 radical (unpaired) electrons. The Hall–Kier alpha value is -1.64. The van der Waals surface area contributed by atoms with Crippen molar-refractivity contribution in [2.24, 2.45) is 16.4 Å². The first-order valence-electron chi connectivity index (χ1n) is 7.67. The molecule has 2 saturated carbocycles. The zero-order chi connectivity index (χ0) is 14.0. The van der Waals surface area contributed by atoms with Crippen molar-refractivity contribution in [3.63, 3.8) is 0 Å². The highest BCUT2D eigenvalue weighted by Gasteiger charge is 2.60. The van der Waals surface area contributed by atoms with Crippen LogP contribution in [0.15, 0.2) is 35.4 Å². The summed E-state index contributed by atoms with van der Waals surface area (Å²) in [5, 5.41) is 4.39. The van der Waals surface area contributed by atoms with E-state index >= 15 is 0 Å². The molecule has 0 aliphatic heterocycles. The molecule has 2 fully saturated rings. The third-order valence-electron chi connectivity index (χ3n) is 4.75. The van der Waals surface area contributed by atoms with Gasteiger partial charge in [0, 0.05) is 5.92 Å². The lowest BCUT2D eigenvalue weighted by molar-refractivity contribution is -0.123. The van der Waals surface area contributed by atoms with Crippen LogP contribution >= 0.6 is 0 Å². The van der Waals surface area contributed by atoms with Crippen LogP contribution in [0.5, 0.6) is 0 Å². The van der Waals surface area contributed by atoms with Crippen LogP contribution in [0.25, 0.3) is 0 Å². The largest absolute Gasteiger partial charge is 0.273 e. The summed E-state index contributed by atoms with van der Waals surface area (Å²) in [7, 11) is 0. The van der Waals surface area contributed by atoms with Gasteiger partial charge in [-0.25, -0.2) is 5.43 Å². The third-order valence-corrected chi connectivity index (χ3v) is 4.75. The number of hydrogen-bond acceptors (Lipinski definition) is 2. The quantitative estimate of drug-likeness (QED) is 0.645. The maximum atomic E-state index is 12.1. The Bertz CT molecular complexity index is 517. The zero-order valence-electron chi connectivity index (χ0n) is 12.1. The average Bonchev–Trinajstić information content (AvgIpc) is 3.20. The number of rotatable bonds is 5. The van der Waals surface area contributed by atoms with Crippen LogP contribution in [0, 0.1) is 11.3 Å². The number of nitrogens with one attached hydrogen (secondary N) is 1. The van der Waals surface area contributed by atoms with E-state index in [0.717, 1.165) is 30.5 Å². The van der Waals surface area contributed by atoms with Gasteiger partial charge in [0.1, 0.15) is 0 Å². The highest BCUT2D eigenvalue weighted by Crippen LogP contribution is 2.65. The van der Waals surface area contributed by atoms with E-state index in [1.54, 1.807) is 0 Å². The molecule has 0 heterocycles. The smallest absolute Gasteiger partial charge is 0.243 e. The van der Waals surface area contributed by atoms with Gasteiger partial charge in [0.15, 0.2) is 0 Å². The Labute approximate surface area is 120 Å². The van der Waals surface area contributed by atoms with Crippen molar-refractivity contribution in [1.29, 1.82) is 0 Å². The topological polar surface area (TPSA) is 41.5 Å². The van der Waals surface area contributed by atoms with Gasteiger partial charge in [-0.05, 0) is 36.7 Å².